The van der Waals surface area contributed by atoms with Crippen LogP contribution in [-0.4, -0.2) is 35.0 Å². The Labute approximate surface area is 126 Å². The first-order valence-electron chi connectivity index (χ1n) is 6.44. The van der Waals surface area contributed by atoms with Gasteiger partial charge < -0.3 is 15.3 Å². The van der Waals surface area contributed by atoms with Crippen LogP contribution in [0.4, 0.5) is 4.39 Å². The molecular weight excluding hydrogens is 299 g/mol. The first kappa shape index (κ1) is 15.7. The lowest BCUT2D eigenvalue weighted by molar-refractivity contribution is -0.133. The average Bonchev–Trinajstić information content (AvgIpc) is 2.87. The van der Waals surface area contributed by atoms with E-state index in [0.717, 1.165) is 0 Å². The number of hydrogen-bond donors (Lipinski definition) is 2. The number of benzene rings is 1. The summed E-state index contributed by atoms with van der Waals surface area (Å²) in [6.07, 6.45) is -0.741. The van der Waals surface area contributed by atoms with E-state index in [9.17, 15) is 9.18 Å². The van der Waals surface area contributed by atoms with Crippen molar-refractivity contribution in [2.75, 3.05) is 6.61 Å². The van der Waals surface area contributed by atoms with Crippen LogP contribution in [0.3, 0.4) is 0 Å². The molecule has 0 radical (unpaired) electrons. The summed E-state index contributed by atoms with van der Waals surface area (Å²) in [5.41, 5.74) is -0.324. The van der Waals surface area contributed by atoms with Gasteiger partial charge in [0.2, 0.25) is 6.10 Å². The topological polar surface area (TPSA) is 70.9 Å². The standard InChI is InChI=1S/C14H16ClFN2O3/c1-14(2,7-19)17-13(20)11-6-10(18-21-11)12-8(15)4-3-5-9(12)16/h3-5,11,19H,6-7H2,1-2H3,(H,17,20). The lowest BCUT2D eigenvalue weighted by Crippen LogP contribution is -2.50. The van der Waals surface area contributed by atoms with Crippen LogP contribution in [-0.2, 0) is 9.63 Å². The Hall–Kier alpha value is -1.66. The maximum Gasteiger partial charge on any atom is 0.264 e. The van der Waals surface area contributed by atoms with Gasteiger partial charge in [-0.3, -0.25) is 4.79 Å². The van der Waals surface area contributed by atoms with Gasteiger partial charge >= 0.3 is 0 Å². The van der Waals surface area contributed by atoms with E-state index in [2.05, 4.69) is 10.5 Å². The number of carbonyl (C=O) groups excluding carboxylic acids is 1. The zero-order chi connectivity index (χ0) is 15.6. The maximum atomic E-state index is 13.8. The minimum absolute atomic E-state index is 0.119. The van der Waals surface area contributed by atoms with Crippen LogP contribution in [0.15, 0.2) is 23.4 Å². The van der Waals surface area contributed by atoms with E-state index in [-0.39, 0.29) is 23.6 Å². The summed E-state index contributed by atoms with van der Waals surface area (Å²) >= 11 is 5.96. The van der Waals surface area contributed by atoms with E-state index in [0.29, 0.717) is 5.71 Å². The van der Waals surface area contributed by atoms with Gasteiger partial charge in [0, 0.05) is 6.42 Å². The molecular formula is C14H16ClFN2O3. The first-order chi connectivity index (χ1) is 9.84. The van der Waals surface area contributed by atoms with Gasteiger partial charge in [0.05, 0.1) is 28.4 Å². The van der Waals surface area contributed by atoms with Crippen molar-refractivity contribution < 1.29 is 19.1 Å². The molecule has 114 valence electrons. The van der Waals surface area contributed by atoms with Crippen molar-refractivity contribution in [2.45, 2.75) is 31.9 Å². The number of amides is 1. The van der Waals surface area contributed by atoms with E-state index >= 15 is 0 Å². The molecule has 0 aromatic heterocycles. The molecule has 1 aliphatic rings. The van der Waals surface area contributed by atoms with Gasteiger partial charge in [-0.2, -0.15) is 0 Å². The molecule has 0 fully saturated rings. The van der Waals surface area contributed by atoms with Crippen LogP contribution < -0.4 is 5.32 Å². The highest BCUT2D eigenvalue weighted by atomic mass is 35.5. The number of oxime groups is 1. The molecule has 1 aromatic rings. The Morgan fingerprint density at radius 3 is 2.95 bits per heavy atom. The van der Waals surface area contributed by atoms with E-state index in [1.54, 1.807) is 19.9 Å². The van der Waals surface area contributed by atoms with Crippen molar-refractivity contribution in [1.82, 2.24) is 5.32 Å². The zero-order valence-corrected chi connectivity index (χ0v) is 12.4. The van der Waals surface area contributed by atoms with Gasteiger partial charge in [0.1, 0.15) is 5.82 Å². The fraction of sp³-hybridized carbons (Fsp3) is 0.429. The molecule has 21 heavy (non-hydrogen) atoms. The van der Waals surface area contributed by atoms with Crippen LogP contribution >= 0.6 is 11.6 Å². The van der Waals surface area contributed by atoms with Gasteiger partial charge in [-0.05, 0) is 26.0 Å². The third-order valence-electron chi connectivity index (χ3n) is 3.07. The fourth-order valence-electron chi connectivity index (χ4n) is 1.89. The predicted octanol–water partition coefficient (Wildman–Crippen LogP) is 1.86. The second kappa shape index (κ2) is 5.99. The van der Waals surface area contributed by atoms with Crippen molar-refractivity contribution in [3.05, 3.63) is 34.6 Å². The Balaban J connectivity index is 2.08. The summed E-state index contributed by atoms with van der Waals surface area (Å²) in [6.45, 7) is 3.14. The number of nitrogens with zero attached hydrogens (tertiary/aromatic N) is 1. The number of hydrogen-bond acceptors (Lipinski definition) is 4. The summed E-state index contributed by atoms with van der Waals surface area (Å²) in [4.78, 5) is 17.1. The molecule has 2 N–H and O–H groups in total. The summed E-state index contributed by atoms with van der Waals surface area (Å²) in [6, 6.07) is 4.31. The zero-order valence-electron chi connectivity index (χ0n) is 11.7. The van der Waals surface area contributed by atoms with Gasteiger partial charge in [0.25, 0.3) is 5.91 Å². The van der Waals surface area contributed by atoms with Gasteiger partial charge in [-0.15, -0.1) is 0 Å². The molecule has 2 rings (SSSR count). The first-order valence-corrected chi connectivity index (χ1v) is 6.82. The molecule has 1 aliphatic heterocycles. The van der Waals surface area contributed by atoms with Crippen molar-refractivity contribution in [3.63, 3.8) is 0 Å². The van der Waals surface area contributed by atoms with Gasteiger partial charge in [0.15, 0.2) is 0 Å². The highest BCUT2D eigenvalue weighted by Crippen LogP contribution is 2.25. The number of aliphatic hydroxyl groups is 1. The summed E-state index contributed by atoms with van der Waals surface area (Å²) < 4.78 is 13.8. The van der Waals surface area contributed by atoms with Crippen LogP contribution in [0.5, 0.6) is 0 Å². The monoisotopic (exact) mass is 314 g/mol. The van der Waals surface area contributed by atoms with Gasteiger partial charge in [-0.25, -0.2) is 4.39 Å². The summed E-state index contributed by atoms with van der Waals surface area (Å²) in [7, 11) is 0. The van der Waals surface area contributed by atoms with Crippen molar-refractivity contribution >= 4 is 23.2 Å². The largest absolute Gasteiger partial charge is 0.394 e. The maximum absolute atomic E-state index is 13.8. The second-order valence-electron chi connectivity index (χ2n) is 5.46. The SMILES string of the molecule is CC(C)(CO)NC(=O)C1CC(c2c(F)cccc2Cl)=NO1. The van der Waals surface area contributed by atoms with E-state index in [1.807, 2.05) is 0 Å². The van der Waals surface area contributed by atoms with E-state index < -0.39 is 23.4 Å². The molecule has 0 aliphatic carbocycles. The van der Waals surface area contributed by atoms with Crippen molar-refractivity contribution in [1.29, 1.82) is 0 Å². The summed E-state index contributed by atoms with van der Waals surface area (Å²) in [5, 5.41) is 15.7. The van der Waals surface area contributed by atoms with Crippen LogP contribution in [0.2, 0.25) is 5.02 Å². The molecule has 7 heteroatoms. The Bertz CT molecular complexity index is 569. The minimum Gasteiger partial charge on any atom is -0.394 e. The van der Waals surface area contributed by atoms with E-state index in [4.69, 9.17) is 21.5 Å². The second-order valence-corrected chi connectivity index (χ2v) is 5.87. The number of rotatable bonds is 4. The Morgan fingerprint density at radius 1 is 1.62 bits per heavy atom. The highest BCUT2D eigenvalue weighted by molar-refractivity contribution is 6.34. The molecule has 1 heterocycles. The normalized spacial score (nSPS) is 18.1. The molecule has 1 unspecified atom stereocenters. The van der Waals surface area contributed by atoms with Crippen molar-refractivity contribution in [2.24, 2.45) is 5.16 Å². The van der Waals surface area contributed by atoms with Gasteiger partial charge in [-0.1, -0.05) is 22.8 Å². The highest BCUT2D eigenvalue weighted by Gasteiger charge is 2.33. The van der Waals surface area contributed by atoms with Crippen molar-refractivity contribution in [3.8, 4) is 0 Å². The molecule has 0 saturated carbocycles. The molecule has 1 atom stereocenters. The third-order valence-corrected chi connectivity index (χ3v) is 3.38. The number of aliphatic hydroxyl groups excluding tert-OH is 1. The lowest BCUT2D eigenvalue weighted by Gasteiger charge is -2.24. The number of halogens is 2. The molecule has 5 nitrogen and oxygen atoms in total. The van der Waals surface area contributed by atoms with Crippen LogP contribution in [0.25, 0.3) is 0 Å². The molecule has 0 bridgehead atoms. The Kier molecular flexibility index (Phi) is 4.49. The third kappa shape index (κ3) is 3.51. The lowest BCUT2D eigenvalue weighted by atomic mass is 10.0. The smallest absolute Gasteiger partial charge is 0.264 e. The number of carbonyl (C=O) groups is 1. The minimum atomic E-state index is -0.860. The average molecular weight is 315 g/mol. The fourth-order valence-corrected chi connectivity index (χ4v) is 2.16. The molecule has 1 amide bonds. The predicted molar refractivity (Wildman–Crippen MR) is 76.7 cm³/mol. The van der Waals surface area contributed by atoms with Crippen LogP contribution in [0, 0.1) is 5.82 Å². The van der Waals surface area contributed by atoms with E-state index in [1.165, 1.54) is 12.1 Å². The molecule has 1 aromatic carbocycles. The van der Waals surface area contributed by atoms with Crippen LogP contribution in [0.1, 0.15) is 25.8 Å². The summed E-state index contributed by atoms with van der Waals surface area (Å²) in [5.74, 6) is -0.929. The molecule has 0 spiro atoms. The number of nitrogens with one attached hydrogen (secondary N) is 1. The quantitative estimate of drug-likeness (QED) is 0.891. The molecule has 0 saturated heterocycles. The Morgan fingerprint density at radius 2 is 2.33 bits per heavy atom.